The molecule has 1 saturated carbocycles. The fourth-order valence-electron chi connectivity index (χ4n) is 2.46. The smallest absolute Gasteiger partial charge is 0.240 e. The molecule has 0 unspecified atom stereocenters. The zero-order valence-electron chi connectivity index (χ0n) is 12.4. The first-order chi connectivity index (χ1) is 10.0. The third kappa shape index (κ3) is 2.56. The number of hydrogen-bond acceptors (Lipinski definition) is 3. The van der Waals surface area contributed by atoms with Crippen LogP contribution in [0.5, 0.6) is 0 Å². The molecule has 0 atom stereocenters. The third-order valence-corrected chi connectivity index (χ3v) is 4.11. The Bertz CT molecular complexity index is 671. The molecule has 1 aliphatic rings. The second-order valence-corrected chi connectivity index (χ2v) is 5.74. The van der Waals surface area contributed by atoms with Crippen LogP contribution in [-0.4, -0.2) is 21.2 Å². The number of nitrogens with zero attached hydrogens (tertiary/aromatic N) is 2. The summed E-state index contributed by atoms with van der Waals surface area (Å²) in [4.78, 5) is 11.9. The highest BCUT2D eigenvalue weighted by atomic mass is 16.2. The third-order valence-electron chi connectivity index (χ3n) is 4.11. The van der Waals surface area contributed by atoms with Crippen LogP contribution in [0, 0.1) is 13.8 Å². The van der Waals surface area contributed by atoms with Crippen LogP contribution in [-0.2, 0) is 11.3 Å². The van der Waals surface area contributed by atoms with E-state index < -0.39 is 5.54 Å². The molecule has 2 aromatic rings. The summed E-state index contributed by atoms with van der Waals surface area (Å²) in [6.07, 6.45) is 1.56. The van der Waals surface area contributed by atoms with Gasteiger partial charge >= 0.3 is 0 Å². The van der Waals surface area contributed by atoms with Crippen LogP contribution in [0.25, 0.3) is 5.69 Å². The van der Waals surface area contributed by atoms with Gasteiger partial charge in [0.15, 0.2) is 0 Å². The van der Waals surface area contributed by atoms with Crippen molar-refractivity contribution in [3.05, 3.63) is 47.3 Å². The maximum Gasteiger partial charge on any atom is 0.240 e. The second-order valence-electron chi connectivity index (χ2n) is 5.74. The number of carbonyl (C=O) groups is 1. The monoisotopic (exact) mass is 284 g/mol. The van der Waals surface area contributed by atoms with Crippen molar-refractivity contribution in [3.8, 4) is 5.69 Å². The van der Waals surface area contributed by atoms with Crippen LogP contribution in [0.2, 0.25) is 0 Å². The van der Waals surface area contributed by atoms with Gasteiger partial charge < -0.3 is 11.1 Å². The first-order valence-electron chi connectivity index (χ1n) is 7.19. The van der Waals surface area contributed by atoms with E-state index in [0.29, 0.717) is 6.54 Å². The SMILES string of the molecule is Cc1nn(-c2ccccc2)c(C)c1CNC(=O)C1(N)CC1. The molecular weight excluding hydrogens is 264 g/mol. The summed E-state index contributed by atoms with van der Waals surface area (Å²) in [5.74, 6) is -0.0613. The molecule has 1 aromatic heterocycles. The lowest BCUT2D eigenvalue weighted by Gasteiger charge is -2.10. The van der Waals surface area contributed by atoms with Gasteiger partial charge in [-0.1, -0.05) is 18.2 Å². The molecule has 0 spiro atoms. The number of para-hydroxylation sites is 1. The van der Waals surface area contributed by atoms with Crippen molar-refractivity contribution >= 4 is 5.91 Å². The van der Waals surface area contributed by atoms with E-state index in [1.54, 1.807) is 0 Å². The Kier molecular flexibility index (Phi) is 3.29. The maximum atomic E-state index is 11.9. The maximum absolute atomic E-state index is 11.9. The van der Waals surface area contributed by atoms with Gasteiger partial charge in [0.1, 0.15) is 0 Å². The van der Waals surface area contributed by atoms with E-state index in [1.165, 1.54) is 0 Å². The molecule has 1 aliphatic carbocycles. The van der Waals surface area contributed by atoms with Gasteiger partial charge in [-0.3, -0.25) is 4.79 Å². The summed E-state index contributed by atoms with van der Waals surface area (Å²) in [5, 5.41) is 7.50. The number of hydrogen-bond donors (Lipinski definition) is 2. The molecule has 0 aliphatic heterocycles. The van der Waals surface area contributed by atoms with Gasteiger partial charge in [-0.2, -0.15) is 5.10 Å². The molecule has 1 heterocycles. The Labute approximate surface area is 124 Å². The largest absolute Gasteiger partial charge is 0.350 e. The predicted molar refractivity (Wildman–Crippen MR) is 81.0 cm³/mol. The molecule has 3 N–H and O–H groups in total. The molecule has 0 radical (unpaired) electrons. The molecule has 5 heteroatoms. The van der Waals surface area contributed by atoms with Crippen LogP contribution in [0.15, 0.2) is 30.3 Å². The molecule has 3 rings (SSSR count). The first-order valence-corrected chi connectivity index (χ1v) is 7.19. The average Bonchev–Trinajstić information content (AvgIpc) is 3.17. The van der Waals surface area contributed by atoms with E-state index in [4.69, 9.17) is 5.73 Å². The van der Waals surface area contributed by atoms with Gasteiger partial charge in [0.2, 0.25) is 5.91 Å². The van der Waals surface area contributed by atoms with Crippen LogP contribution in [0.3, 0.4) is 0 Å². The van der Waals surface area contributed by atoms with Gasteiger partial charge in [-0.05, 0) is 38.8 Å². The molecule has 1 fully saturated rings. The predicted octanol–water partition coefficient (Wildman–Crippen LogP) is 1.60. The highest BCUT2D eigenvalue weighted by Crippen LogP contribution is 2.32. The van der Waals surface area contributed by atoms with Crippen LogP contribution in [0.4, 0.5) is 0 Å². The fraction of sp³-hybridized carbons (Fsp3) is 0.375. The zero-order valence-corrected chi connectivity index (χ0v) is 12.4. The number of aromatic nitrogens is 2. The second kappa shape index (κ2) is 5.00. The Morgan fingerprint density at radius 2 is 2.00 bits per heavy atom. The van der Waals surface area contributed by atoms with Crippen LogP contribution < -0.4 is 11.1 Å². The highest BCUT2D eigenvalue weighted by Gasteiger charge is 2.45. The van der Waals surface area contributed by atoms with E-state index in [1.807, 2.05) is 48.9 Å². The zero-order chi connectivity index (χ0) is 15.0. The lowest BCUT2D eigenvalue weighted by Crippen LogP contribution is -2.42. The fourth-order valence-corrected chi connectivity index (χ4v) is 2.46. The van der Waals surface area contributed by atoms with E-state index in [2.05, 4.69) is 10.4 Å². The normalized spacial score (nSPS) is 15.8. The molecule has 110 valence electrons. The van der Waals surface area contributed by atoms with Gasteiger partial charge in [0, 0.05) is 17.8 Å². The van der Waals surface area contributed by atoms with Gasteiger partial charge in [0.25, 0.3) is 0 Å². The Morgan fingerprint density at radius 1 is 1.33 bits per heavy atom. The molecule has 0 bridgehead atoms. The standard InChI is InChI=1S/C16H20N4O/c1-11-14(10-18-15(21)16(17)8-9-16)12(2)20(19-11)13-6-4-3-5-7-13/h3-7H,8-10,17H2,1-2H3,(H,18,21). The minimum atomic E-state index is -0.628. The van der Waals surface area contributed by atoms with E-state index in [-0.39, 0.29) is 5.91 Å². The summed E-state index contributed by atoms with van der Waals surface area (Å²) in [6, 6.07) is 9.98. The van der Waals surface area contributed by atoms with Crippen LogP contribution >= 0.6 is 0 Å². The number of nitrogens with two attached hydrogens (primary N) is 1. The number of nitrogens with one attached hydrogen (secondary N) is 1. The van der Waals surface area contributed by atoms with Crippen molar-refractivity contribution in [2.75, 3.05) is 0 Å². The summed E-state index contributed by atoms with van der Waals surface area (Å²) >= 11 is 0. The topological polar surface area (TPSA) is 72.9 Å². The summed E-state index contributed by atoms with van der Waals surface area (Å²) in [5.41, 5.74) is 9.31. The van der Waals surface area contributed by atoms with Gasteiger partial charge in [-0.25, -0.2) is 4.68 Å². The van der Waals surface area contributed by atoms with Gasteiger partial charge in [0.05, 0.1) is 16.9 Å². The molecule has 5 nitrogen and oxygen atoms in total. The van der Waals surface area contributed by atoms with E-state index >= 15 is 0 Å². The Balaban J connectivity index is 1.80. The lowest BCUT2D eigenvalue weighted by molar-refractivity contribution is -0.123. The van der Waals surface area contributed by atoms with Gasteiger partial charge in [-0.15, -0.1) is 0 Å². The molecule has 1 amide bonds. The molecular formula is C16H20N4O. The Morgan fingerprint density at radius 3 is 2.62 bits per heavy atom. The number of aryl methyl sites for hydroxylation is 1. The van der Waals surface area contributed by atoms with E-state index in [0.717, 1.165) is 35.5 Å². The first kappa shape index (κ1) is 13.8. The molecule has 1 aromatic carbocycles. The minimum absolute atomic E-state index is 0.0613. The summed E-state index contributed by atoms with van der Waals surface area (Å²) in [7, 11) is 0. The van der Waals surface area contributed by atoms with Crippen molar-refractivity contribution in [2.24, 2.45) is 5.73 Å². The number of benzene rings is 1. The van der Waals surface area contributed by atoms with Crippen molar-refractivity contribution in [1.29, 1.82) is 0 Å². The van der Waals surface area contributed by atoms with Crippen molar-refractivity contribution in [3.63, 3.8) is 0 Å². The number of carbonyl (C=O) groups excluding carboxylic acids is 1. The highest BCUT2D eigenvalue weighted by molar-refractivity contribution is 5.88. The molecule has 21 heavy (non-hydrogen) atoms. The molecule has 0 saturated heterocycles. The minimum Gasteiger partial charge on any atom is -0.350 e. The van der Waals surface area contributed by atoms with Crippen molar-refractivity contribution < 1.29 is 4.79 Å². The number of rotatable bonds is 4. The Hall–Kier alpha value is -2.14. The summed E-state index contributed by atoms with van der Waals surface area (Å²) < 4.78 is 1.91. The summed E-state index contributed by atoms with van der Waals surface area (Å²) in [6.45, 7) is 4.45. The van der Waals surface area contributed by atoms with Crippen molar-refractivity contribution in [2.45, 2.75) is 38.8 Å². The quantitative estimate of drug-likeness (QED) is 0.895. The van der Waals surface area contributed by atoms with E-state index in [9.17, 15) is 4.79 Å². The van der Waals surface area contributed by atoms with Crippen molar-refractivity contribution in [1.82, 2.24) is 15.1 Å². The average molecular weight is 284 g/mol. The van der Waals surface area contributed by atoms with Crippen LogP contribution in [0.1, 0.15) is 29.8 Å². The number of amides is 1. The lowest BCUT2D eigenvalue weighted by atomic mass is 10.2.